The number of benzene rings is 1. The second kappa shape index (κ2) is 16.0. The van der Waals surface area contributed by atoms with Gasteiger partial charge in [-0.3, -0.25) is 28.5 Å². The summed E-state index contributed by atoms with van der Waals surface area (Å²) in [5.41, 5.74) is -1.40. The maximum atomic E-state index is 14.9. The first kappa shape index (κ1) is 39.8. The van der Waals surface area contributed by atoms with Crippen LogP contribution in [-0.2, 0) is 35.7 Å². The van der Waals surface area contributed by atoms with Gasteiger partial charge in [-0.2, -0.15) is 4.98 Å². The molecule has 2 bridgehead atoms. The van der Waals surface area contributed by atoms with Crippen molar-refractivity contribution in [1.82, 2.24) is 29.8 Å². The summed E-state index contributed by atoms with van der Waals surface area (Å²) >= 11 is 3.47. The van der Waals surface area contributed by atoms with E-state index in [1.54, 1.807) is 18.2 Å². The number of aromatic nitrogens is 2. The topological polar surface area (TPSA) is 195 Å². The number of ether oxygens (including phenoxy) is 2. The number of carbonyl (C=O) groups is 4. The molecule has 8 rings (SSSR count). The van der Waals surface area contributed by atoms with Crippen LogP contribution in [0.1, 0.15) is 96.3 Å². The van der Waals surface area contributed by atoms with Crippen LogP contribution in [0.4, 0.5) is 4.79 Å². The lowest BCUT2D eigenvalue weighted by molar-refractivity contribution is -0.142. The van der Waals surface area contributed by atoms with Gasteiger partial charge in [0.15, 0.2) is 0 Å². The van der Waals surface area contributed by atoms with Crippen molar-refractivity contribution in [3.05, 3.63) is 45.7 Å². The molecule has 1 aromatic heterocycles. The van der Waals surface area contributed by atoms with Crippen LogP contribution in [0.3, 0.4) is 0 Å². The Morgan fingerprint density at radius 3 is 2.44 bits per heavy atom. The molecular formula is C40H51BrN6O9S. The van der Waals surface area contributed by atoms with Gasteiger partial charge in [-0.1, -0.05) is 47.7 Å². The molecule has 1 aromatic carbocycles. The van der Waals surface area contributed by atoms with Crippen LogP contribution < -0.4 is 25.7 Å². The lowest BCUT2D eigenvalue weighted by Gasteiger charge is -2.32. The summed E-state index contributed by atoms with van der Waals surface area (Å²) in [6, 6.07) is 3.17. The quantitative estimate of drug-likeness (QED) is 0.340. The van der Waals surface area contributed by atoms with E-state index in [9.17, 15) is 32.4 Å². The number of fused-ring (bicyclic) bond motifs is 5. The van der Waals surface area contributed by atoms with E-state index < -0.39 is 68.7 Å². The smallest absolute Gasteiger partial charge is 0.408 e. The van der Waals surface area contributed by atoms with Crippen molar-refractivity contribution in [3.63, 3.8) is 0 Å². The van der Waals surface area contributed by atoms with E-state index in [1.807, 2.05) is 0 Å². The molecule has 0 spiro atoms. The predicted molar refractivity (Wildman–Crippen MR) is 212 cm³/mol. The van der Waals surface area contributed by atoms with Crippen LogP contribution in [-0.4, -0.2) is 88.3 Å². The summed E-state index contributed by atoms with van der Waals surface area (Å²) in [6.45, 7) is 4.07. The average Bonchev–Trinajstić information content (AvgIpc) is 3.96. The fourth-order valence-electron chi connectivity index (χ4n) is 9.49. The van der Waals surface area contributed by atoms with Gasteiger partial charge in [0.05, 0.1) is 22.7 Å². The molecule has 0 unspecified atom stereocenters. The zero-order valence-corrected chi connectivity index (χ0v) is 34.4. The summed E-state index contributed by atoms with van der Waals surface area (Å²) in [7, 11) is -3.92. The third-order valence-electron chi connectivity index (χ3n) is 13.0. The first-order chi connectivity index (χ1) is 27.4. The zero-order valence-electron chi connectivity index (χ0n) is 32.0. The minimum Gasteiger partial charge on any atom is -0.459 e. The van der Waals surface area contributed by atoms with Crippen molar-refractivity contribution < 1.29 is 37.1 Å². The van der Waals surface area contributed by atoms with Crippen LogP contribution in [0.15, 0.2) is 40.1 Å². The van der Waals surface area contributed by atoms with Gasteiger partial charge < -0.3 is 25.0 Å². The third-order valence-corrected chi connectivity index (χ3v) is 15.3. The molecule has 57 heavy (non-hydrogen) atoms. The SMILES string of the molecule is C=C[C@@H]1C[C@]1(NC(=O)[C@@H]1C[C@@H]2CN1C(=O)[C@H](C1CCCC1)NC(=O)O[C@@H]1CCC[C@H]1CCCCCn1c(nc3cc(Br)ccc3c1=O)O2)C(=O)NS(=O)(=O)C1CC1. The number of nitrogens with zero attached hydrogens (tertiary/aromatic N) is 3. The maximum Gasteiger partial charge on any atom is 0.408 e. The highest BCUT2D eigenvalue weighted by Crippen LogP contribution is 2.46. The van der Waals surface area contributed by atoms with E-state index >= 15 is 0 Å². The number of nitrogens with one attached hydrogen (secondary N) is 3. The Morgan fingerprint density at radius 2 is 1.70 bits per heavy atom. The van der Waals surface area contributed by atoms with Crippen LogP contribution >= 0.6 is 15.9 Å². The number of hydrogen-bond acceptors (Lipinski definition) is 10. The van der Waals surface area contributed by atoms with E-state index in [-0.39, 0.29) is 48.9 Å². The molecular weight excluding hydrogens is 820 g/mol. The lowest BCUT2D eigenvalue weighted by Crippen LogP contribution is -2.59. The summed E-state index contributed by atoms with van der Waals surface area (Å²) in [6.07, 6.45) is 9.87. The number of alkyl carbamates (subject to hydrolysis) is 1. The Morgan fingerprint density at radius 1 is 0.965 bits per heavy atom. The Bertz CT molecular complexity index is 2120. The van der Waals surface area contributed by atoms with Gasteiger partial charge in [0.1, 0.15) is 29.8 Å². The van der Waals surface area contributed by atoms with Gasteiger partial charge >= 0.3 is 6.09 Å². The molecule has 4 saturated carbocycles. The molecule has 5 fully saturated rings. The monoisotopic (exact) mass is 870 g/mol. The standard InChI is InChI=1S/C40H51BrN6O9S/c1-2-25-21-40(25,37(51)45-57(53,54)28-15-16-28)44-34(48)31-20-27-22-47(31)36(50)33(24-10-5-6-11-24)43-39(52)56-32-13-8-12-23(32)9-4-3-7-18-46-35(49)29-17-14-26(41)19-30(29)42-38(46)55-27/h2,14,17,19,23-25,27-28,31-33H,1,3-13,15-16,18,20-22H2,(H,43,52)(H,44,48)(H,45,51)/t23-,25-,27-,31+,32-,33+,40-/m1/s1. The van der Waals surface area contributed by atoms with Crippen molar-refractivity contribution in [1.29, 1.82) is 0 Å². The highest BCUT2D eigenvalue weighted by Gasteiger charge is 2.62. The molecule has 1 saturated heterocycles. The highest BCUT2D eigenvalue weighted by molar-refractivity contribution is 9.10. The number of rotatable bonds is 7. The molecule has 4 amide bonds. The van der Waals surface area contributed by atoms with Gasteiger partial charge in [-0.15, -0.1) is 6.58 Å². The van der Waals surface area contributed by atoms with E-state index in [2.05, 4.69) is 37.9 Å². The zero-order chi connectivity index (χ0) is 40.1. The van der Waals surface area contributed by atoms with Crippen LogP contribution in [0.25, 0.3) is 10.9 Å². The van der Waals surface area contributed by atoms with E-state index in [4.69, 9.17) is 14.5 Å². The summed E-state index contributed by atoms with van der Waals surface area (Å²) < 4.78 is 42.6. The highest BCUT2D eigenvalue weighted by atomic mass is 79.9. The Hall–Kier alpha value is -3.99. The lowest BCUT2D eigenvalue weighted by atomic mass is 9.96. The number of sulfonamides is 1. The second-order valence-corrected chi connectivity index (χ2v) is 19.7. The summed E-state index contributed by atoms with van der Waals surface area (Å²) in [5, 5.41) is 5.53. The minimum absolute atomic E-state index is 0.0214. The fourth-order valence-corrected chi connectivity index (χ4v) is 11.2. The molecule has 2 aromatic rings. The summed E-state index contributed by atoms with van der Waals surface area (Å²) in [5.74, 6) is -2.53. The van der Waals surface area contributed by atoms with Crippen LogP contribution in [0.5, 0.6) is 6.01 Å². The molecule has 3 N–H and O–H groups in total. The Labute approximate surface area is 340 Å². The van der Waals surface area contributed by atoms with Gasteiger partial charge in [0.25, 0.3) is 17.5 Å². The summed E-state index contributed by atoms with van der Waals surface area (Å²) in [4.78, 5) is 76.7. The van der Waals surface area contributed by atoms with E-state index in [0.717, 1.165) is 55.8 Å². The van der Waals surface area contributed by atoms with Gasteiger partial charge in [-0.25, -0.2) is 13.2 Å². The maximum absolute atomic E-state index is 14.9. The predicted octanol–water partition coefficient (Wildman–Crippen LogP) is 4.20. The number of halogens is 1. The van der Waals surface area contributed by atoms with Crippen molar-refractivity contribution in [2.45, 2.75) is 138 Å². The van der Waals surface area contributed by atoms with Crippen molar-refractivity contribution in [2.24, 2.45) is 17.8 Å². The third kappa shape index (κ3) is 8.19. The number of hydrogen-bond donors (Lipinski definition) is 3. The van der Waals surface area contributed by atoms with Gasteiger partial charge in [0, 0.05) is 23.4 Å². The average molecular weight is 872 g/mol. The normalized spacial score (nSPS) is 31.2. The van der Waals surface area contributed by atoms with E-state index in [0.29, 0.717) is 49.6 Å². The molecule has 7 atom stereocenters. The second-order valence-electron chi connectivity index (χ2n) is 16.8. The molecule has 4 aliphatic carbocycles. The van der Waals surface area contributed by atoms with Gasteiger partial charge in [0.2, 0.25) is 21.8 Å². The Balaban J connectivity index is 1.14. The number of amides is 4. The van der Waals surface area contributed by atoms with Crippen molar-refractivity contribution in [3.8, 4) is 6.01 Å². The van der Waals surface area contributed by atoms with Crippen molar-refractivity contribution in [2.75, 3.05) is 6.54 Å². The molecule has 3 heterocycles. The van der Waals surface area contributed by atoms with Gasteiger partial charge in [-0.05, 0) is 94.2 Å². The van der Waals surface area contributed by atoms with Crippen LogP contribution in [0, 0.1) is 17.8 Å². The molecule has 15 nitrogen and oxygen atoms in total. The number of carbonyl (C=O) groups excluding carboxylic acids is 4. The van der Waals surface area contributed by atoms with Crippen LogP contribution in [0.2, 0.25) is 0 Å². The molecule has 2 aliphatic heterocycles. The molecule has 6 aliphatic rings. The first-order valence-electron chi connectivity index (χ1n) is 20.5. The molecule has 308 valence electrons. The minimum atomic E-state index is -3.92. The molecule has 0 radical (unpaired) electrons. The van der Waals surface area contributed by atoms with Crippen molar-refractivity contribution >= 4 is 60.7 Å². The molecule has 17 heteroatoms. The fraction of sp³-hybridized carbons (Fsp3) is 0.650. The Kier molecular flexibility index (Phi) is 11.2. The first-order valence-corrected chi connectivity index (χ1v) is 22.9. The van der Waals surface area contributed by atoms with E-state index in [1.165, 1.54) is 15.5 Å². The largest absolute Gasteiger partial charge is 0.459 e.